The van der Waals surface area contributed by atoms with Crippen molar-refractivity contribution in [1.82, 2.24) is 60.6 Å². The summed E-state index contributed by atoms with van der Waals surface area (Å²) in [5.74, 6) is 0.340. The number of para-hydroxylation sites is 6. The SMILES string of the molecule is C[C@@H]1[C@@H]2CN(C(=O)[C@H](C(C)(C)C)NC(=O)O[C@@H]3CCC[C@H]3CCCCCc3nc4ccccc4nc3O2)[C@@H]1[C-]=O.C[C@@H]1[C@@H]2CN(C(=O)[C@H](C(C)(C)C)NC(=O)O[C@@H]3C[C@H]3CCCCCc3nc4ccccc4nc3O2)[C@@H]1[C-]=O.C[C@@H]1[C@@H]2CN(C(=O)[C@H](C(C)(C)C)NC(=O)O[C@]3(C)C[C@H]3CCCCCc3nc4ccccc4nc3O2)[C@@H]1[C-]=O.[V].[V].[V]. The number of hydrogen-bond acceptors (Lipinski definition) is 21. The number of carbonyl (C=O) groups excluding carboxylic acids is 9. The van der Waals surface area contributed by atoms with Gasteiger partial charge in [-0.25, -0.2) is 63.1 Å². The minimum absolute atomic E-state index is 0. The zero-order chi connectivity index (χ0) is 83.4. The number of alkyl carbamates (subject to hydrolysis) is 3. The molecule has 6 aliphatic heterocycles. The van der Waals surface area contributed by atoms with E-state index < -0.39 is 94.7 Å². The Kier molecular flexibility index (Phi) is 31.6. The Bertz CT molecular complexity index is 4640. The van der Waals surface area contributed by atoms with Gasteiger partial charge in [0.15, 0.2) is 0 Å². The molecule has 18 atom stereocenters. The minimum atomic E-state index is -0.887. The summed E-state index contributed by atoms with van der Waals surface area (Å²) in [5.41, 5.74) is 4.68. The van der Waals surface area contributed by atoms with Crippen LogP contribution in [-0.2, 0) is 118 Å². The molecule has 6 bridgehead atoms. The van der Waals surface area contributed by atoms with Crippen LogP contribution in [0.25, 0.3) is 33.1 Å². The van der Waals surface area contributed by atoms with Crippen LogP contribution in [0.1, 0.15) is 216 Å². The Morgan fingerprint density at radius 2 is 0.700 bits per heavy atom. The standard InChI is InChI=1S/C31H41N4O5.C30H39N4O5.C29H37N4O5.3V/c1-19-24(18-36)35-17-26(19)39-28-23(32-21-13-8-9-14-22(21)33-28)15-7-5-6-11-20-12-10-16-25(20)40-30(38)34-27(29(35)37)31(2,3)4;1-18-23(17-35)34-16-24(18)38-26-22(31-20-12-9-10-13-21(20)32-26)14-8-6-7-11-19-15-30(19,5)39-28(37)33-25(27(34)36)29(2,3)4;1-17-22(16-34)33-15-24(17)37-26-21(30-19-11-8-9-12-20(19)31-26)13-7-5-6-10-18-14-23(18)38-28(36)32-25(27(33)35)29(2,3)4;;;/h8-9,13-14,19-20,24-27H,5-7,10-12,15-17H2,1-4H3,(H,34,38);9-10,12-13,18-19,23-25H,6-8,11,14-16H2,1-5H3,(H,33,37);8-9,11-12,17-18,22-25H,5-7,10,13-15H2,1-4H3,(H,32,36);;;/q3*-1;;;/t19-,20+,24+,25+,26-,27+;18-,19+,23+,24-,25+,30+;17-,18+,22+,23+,24-,25+;;;/m000.../s1. The molecule has 3 N–H and O–H groups in total. The fourth-order valence-electron chi connectivity index (χ4n) is 17.9. The van der Waals surface area contributed by atoms with Crippen LogP contribution in [0.4, 0.5) is 14.4 Å². The van der Waals surface area contributed by atoms with E-state index in [2.05, 4.69) is 28.5 Å². The third-order valence-electron chi connectivity index (χ3n) is 25.4. The van der Waals surface area contributed by atoms with Crippen molar-refractivity contribution in [3.8, 4) is 17.6 Å². The van der Waals surface area contributed by atoms with Gasteiger partial charge in [-0.15, -0.1) is 0 Å². The van der Waals surface area contributed by atoms with Crippen LogP contribution < -0.4 is 30.2 Å². The summed E-state index contributed by atoms with van der Waals surface area (Å²) in [6, 6.07) is 18.1. The van der Waals surface area contributed by atoms with Gasteiger partial charge >= 0.3 is 18.3 Å². The van der Waals surface area contributed by atoms with E-state index in [4.69, 9.17) is 58.3 Å². The Hall–Kier alpha value is -7.94. The summed E-state index contributed by atoms with van der Waals surface area (Å²) in [6.45, 7) is 25.1. The largest absolute Gasteiger partial charge is 0.540 e. The number of hydrogen-bond donors (Lipinski definition) is 3. The van der Waals surface area contributed by atoms with Crippen LogP contribution in [0.5, 0.6) is 17.6 Å². The Balaban J connectivity index is 0.000000187. The summed E-state index contributed by atoms with van der Waals surface area (Å²) < 4.78 is 36.7. The maximum atomic E-state index is 13.9. The molecule has 0 unspecified atom stereocenters. The zero-order valence-corrected chi connectivity index (χ0v) is 75.7. The normalized spacial score (nSPS) is 30.3. The maximum Gasteiger partial charge on any atom is 0.408 e. The van der Waals surface area contributed by atoms with Gasteiger partial charge in [0.1, 0.15) is 71.3 Å². The molecule has 3 radical (unpaired) electrons. The number of benzene rings is 3. The summed E-state index contributed by atoms with van der Waals surface area (Å²) >= 11 is 0. The fraction of sp³-hybridized carbons (Fsp3) is 0.633. The van der Waals surface area contributed by atoms with Gasteiger partial charge in [0.2, 0.25) is 35.4 Å². The zero-order valence-electron chi connectivity index (χ0n) is 71.5. The first kappa shape index (κ1) is 94.3. The van der Waals surface area contributed by atoms with Gasteiger partial charge in [0.05, 0.1) is 52.7 Å². The van der Waals surface area contributed by atoms with E-state index in [1.807, 2.05) is 169 Å². The van der Waals surface area contributed by atoms with Gasteiger partial charge < -0.3 is 73.5 Å². The van der Waals surface area contributed by atoms with Crippen molar-refractivity contribution in [2.24, 2.45) is 51.8 Å². The van der Waals surface area contributed by atoms with E-state index in [-0.39, 0.29) is 123 Å². The van der Waals surface area contributed by atoms with Crippen molar-refractivity contribution < 1.29 is 127 Å². The molecule has 3 saturated heterocycles. The molecule has 3 aromatic heterocycles. The summed E-state index contributed by atoms with van der Waals surface area (Å²) in [4.78, 5) is 150. The van der Waals surface area contributed by atoms with Crippen molar-refractivity contribution >= 4 is 88.0 Å². The van der Waals surface area contributed by atoms with Gasteiger partial charge in [0.25, 0.3) is 0 Å². The van der Waals surface area contributed by atoms with Crippen molar-refractivity contribution in [3.63, 3.8) is 0 Å². The van der Waals surface area contributed by atoms with E-state index >= 15 is 0 Å². The quantitative estimate of drug-likeness (QED) is 0.109. The molecule has 9 heterocycles. The number of ether oxygens (including phenoxy) is 6. The molecule has 6 amide bonds. The van der Waals surface area contributed by atoms with Gasteiger partial charge in [-0.1, -0.05) is 176 Å². The number of fused-ring (bicyclic) bond motifs is 15. The molecule has 27 nitrogen and oxygen atoms in total. The Labute approximate surface area is 740 Å². The molecule has 15 rings (SSSR count). The third-order valence-corrected chi connectivity index (χ3v) is 25.4. The number of nitrogens with one attached hydrogen (secondary N) is 3. The molecule has 120 heavy (non-hydrogen) atoms. The molecular formula is C90H117N12O15V3-3. The molecular weight excluding hydrogens is 1640 g/mol. The number of nitrogens with zero attached hydrogens (tertiary/aromatic N) is 9. The van der Waals surface area contributed by atoms with Crippen molar-refractivity contribution in [1.29, 1.82) is 0 Å². The molecule has 0 spiro atoms. The molecule has 3 aliphatic carbocycles. The molecule has 6 fully saturated rings. The second kappa shape index (κ2) is 40.1. The summed E-state index contributed by atoms with van der Waals surface area (Å²) in [5, 5.41) is 8.48. The van der Waals surface area contributed by atoms with E-state index in [0.717, 1.165) is 172 Å². The number of rotatable bonds is 3. The Morgan fingerprint density at radius 3 is 1.05 bits per heavy atom. The number of aromatic nitrogens is 6. The molecule has 3 saturated carbocycles. The predicted molar refractivity (Wildman–Crippen MR) is 438 cm³/mol. The number of amides is 6. The first-order valence-electron chi connectivity index (χ1n) is 42.6. The van der Waals surface area contributed by atoms with Crippen LogP contribution >= 0.6 is 0 Å². The van der Waals surface area contributed by atoms with E-state index in [0.29, 0.717) is 41.8 Å². The topological polar surface area (TPSA) is 332 Å². The fourth-order valence-corrected chi connectivity index (χ4v) is 17.9. The summed E-state index contributed by atoms with van der Waals surface area (Å²) in [6.07, 6.45) is 21.4. The van der Waals surface area contributed by atoms with Gasteiger partial charge in [0, 0.05) is 61.6 Å². The molecule has 6 aromatic rings. The van der Waals surface area contributed by atoms with Crippen molar-refractivity contribution in [2.45, 2.75) is 291 Å². The first-order valence-corrected chi connectivity index (χ1v) is 42.6. The second-order valence-corrected chi connectivity index (χ2v) is 37.4. The van der Waals surface area contributed by atoms with Crippen LogP contribution in [-0.4, -0.2) is 191 Å². The average Bonchev–Trinajstić information content (AvgIpc) is 1.51. The van der Waals surface area contributed by atoms with Crippen LogP contribution in [0, 0.1) is 51.8 Å². The van der Waals surface area contributed by atoms with E-state index in [9.17, 15) is 43.2 Å². The van der Waals surface area contributed by atoms with Crippen LogP contribution in [0.2, 0.25) is 0 Å². The average molecular weight is 1760 g/mol. The minimum Gasteiger partial charge on any atom is -0.540 e. The molecule has 9 aliphatic rings. The maximum absolute atomic E-state index is 13.9. The number of carbonyl (C=O) groups is 6. The van der Waals surface area contributed by atoms with E-state index in [1.54, 1.807) is 0 Å². The first-order chi connectivity index (χ1) is 55.8. The third kappa shape index (κ3) is 22.2. The second-order valence-electron chi connectivity index (χ2n) is 37.4. The van der Waals surface area contributed by atoms with Gasteiger partial charge in [-0.3, -0.25) is 14.4 Å². The van der Waals surface area contributed by atoms with Gasteiger partial charge in [-0.05, 0) is 179 Å². The van der Waals surface area contributed by atoms with Crippen LogP contribution in [0.15, 0.2) is 72.8 Å². The molecule has 3 aromatic carbocycles. The van der Waals surface area contributed by atoms with Crippen molar-refractivity contribution in [2.75, 3.05) is 19.6 Å². The monoisotopic (exact) mass is 1760 g/mol. The van der Waals surface area contributed by atoms with Gasteiger partial charge in [-0.2, -0.15) is 0 Å². The summed E-state index contributed by atoms with van der Waals surface area (Å²) in [7, 11) is 0. The molecule has 645 valence electrons. The smallest absolute Gasteiger partial charge is 0.408 e. The predicted octanol–water partition coefficient (Wildman–Crippen LogP) is 13.1. The van der Waals surface area contributed by atoms with E-state index in [1.165, 1.54) is 14.7 Å². The van der Waals surface area contributed by atoms with Crippen molar-refractivity contribution in [3.05, 3.63) is 89.9 Å². The van der Waals surface area contributed by atoms with Crippen LogP contribution in [0.3, 0.4) is 0 Å². The number of aryl methyl sites for hydroxylation is 3. The molecule has 30 heteroatoms. The Morgan fingerprint density at radius 1 is 0.383 bits per heavy atom.